The number of esters is 2. The van der Waals surface area contributed by atoms with Gasteiger partial charge in [-0.15, -0.1) is 6.58 Å². The molecule has 1 aromatic rings. The Morgan fingerprint density at radius 3 is 2.16 bits per heavy atom. The van der Waals surface area contributed by atoms with E-state index in [0.717, 1.165) is 23.8 Å². The molecule has 1 rings (SSSR count). The number of hydrogen-bond acceptors (Lipinski definition) is 6. The standard InChI is InChI=1S/C24H39NO5Si/c1-6-18-31(4,5)19-10-9-17-30-21-13-11-20(12-14-21)15-16-24(25,22(26)28-7-2)23(27)29-8-3/h6,11-14H,1,7-10,15-19,25H2,2-5H3. The SMILES string of the molecule is C=CC[Si](C)(C)CCCCOc1ccc(CCC(N)(C(=O)OCC)C(=O)OCC)cc1. The first-order valence-electron chi connectivity index (χ1n) is 11.1. The van der Waals surface area contributed by atoms with Crippen LogP contribution >= 0.6 is 0 Å². The lowest BCUT2D eigenvalue weighted by molar-refractivity contribution is -0.164. The van der Waals surface area contributed by atoms with Crippen LogP contribution in [0.1, 0.15) is 38.7 Å². The van der Waals surface area contributed by atoms with Gasteiger partial charge in [-0.2, -0.15) is 0 Å². The highest BCUT2D eigenvalue weighted by Crippen LogP contribution is 2.21. The zero-order valence-corrected chi connectivity index (χ0v) is 20.6. The van der Waals surface area contributed by atoms with E-state index in [1.54, 1.807) is 13.8 Å². The third kappa shape index (κ3) is 9.27. The van der Waals surface area contributed by atoms with E-state index < -0.39 is 25.6 Å². The monoisotopic (exact) mass is 449 g/mol. The highest BCUT2D eigenvalue weighted by molar-refractivity contribution is 6.77. The number of rotatable bonds is 15. The summed E-state index contributed by atoms with van der Waals surface area (Å²) in [6, 6.07) is 10.1. The fourth-order valence-electron chi connectivity index (χ4n) is 3.29. The Bertz CT molecular complexity index is 684. The third-order valence-corrected chi connectivity index (χ3v) is 8.33. The maximum absolute atomic E-state index is 12.3. The van der Waals surface area contributed by atoms with Gasteiger partial charge >= 0.3 is 11.9 Å². The molecule has 0 atom stereocenters. The van der Waals surface area contributed by atoms with Crippen LogP contribution in [0.3, 0.4) is 0 Å². The van der Waals surface area contributed by atoms with Crippen molar-refractivity contribution in [1.82, 2.24) is 0 Å². The summed E-state index contributed by atoms with van der Waals surface area (Å²) < 4.78 is 15.8. The molecule has 0 aliphatic heterocycles. The lowest BCUT2D eigenvalue weighted by Crippen LogP contribution is -2.57. The van der Waals surface area contributed by atoms with E-state index in [4.69, 9.17) is 19.9 Å². The first-order valence-corrected chi connectivity index (χ1v) is 14.6. The lowest BCUT2D eigenvalue weighted by Gasteiger charge is -2.24. The molecule has 0 spiro atoms. The molecule has 0 saturated carbocycles. The van der Waals surface area contributed by atoms with Gasteiger partial charge in [0.1, 0.15) is 5.75 Å². The quantitative estimate of drug-likeness (QED) is 0.139. The maximum atomic E-state index is 12.3. The van der Waals surface area contributed by atoms with E-state index in [2.05, 4.69) is 19.7 Å². The van der Waals surface area contributed by atoms with Crippen LogP contribution < -0.4 is 10.5 Å². The minimum Gasteiger partial charge on any atom is -0.494 e. The summed E-state index contributed by atoms with van der Waals surface area (Å²) in [4.78, 5) is 24.5. The molecule has 0 heterocycles. The first kappa shape index (κ1) is 26.9. The minimum atomic E-state index is -1.80. The van der Waals surface area contributed by atoms with Crippen molar-refractivity contribution in [2.24, 2.45) is 5.73 Å². The first-order chi connectivity index (χ1) is 14.7. The number of hydrogen-bond donors (Lipinski definition) is 1. The fraction of sp³-hybridized carbons (Fsp3) is 0.583. The Hall–Kier alpha value is -2.12. The van der Waals surface area contributed by atoms with E-state index in [0.29, 0.717) is 13.0 Å². The smallest absolute Gasteiger partial charge is 0.337 e. The molecule has 0 radical (unpaired) electrons. The molecule has 0 aliphatic carbocycles. The summed E-state index contributed by atoms with van der Waals surface area (Å²) in [6.45, 7) is 13.0. The van der Waals surface area contributed by atoms with E-state index in [1.165, 1.54) is 12.5 Å². The van der Waals surface area contributed by atoms with E-state index in [-0.39, 0.29) is 19.6 Å². The molecule has 174 valence electrons. The van der Waals surface area contributed by atoms with Gasteiger partial charge in [-0.3, -0.25) is 0 Å². The van der Waals surface area contributed by atoms with Crippen molar-refractivity contribution in [3.8, 4) is 5.75 Å². The number of ether oxygens (including phenoxy) is 3. The van der Waals surface area contributed by atoms with E-state index >= 15 is 0 Å². The van der Waals surface area contributed by atoms with Crippen molar-refractivity contribution in [2.45, 2.75) is 70.3 Å². The molecule has 0 aromatic heterocycles. The summed E-state index contributed by atoms with van der Waals surface area (Å²) in [7, 11) is -1.14. The number of benzene rings is 1. The van der Waals surface area contributed by atoms with Crippen LogP contribution in [0, 0.1) is 0 Å². The number of allylic oxidation sites excluding steroid dienone is 1. The third-order valence-electron chi connectivity index (χ3n) is 5.22. The minimum absolute atomic E-state index is 0.106. The summed E-state index contributed by atoms with van der Waals surface area (Å²) in [5.41, 5.74) is 5.25. The molecule has 6 nitrogen and oxygen atoms in total. The van der Waals surface area contributed by atoms with Gasteiger partial charge in [0.05, 0.1) is 27.9 Å². The average Bonchev–Trinajstić information content (AvgIpc) is 2.72. The van der Waals surface area contributed by atoms with Gasteiger partial charge in [-0.05, 0) is 56.9 Å². The second-order valence-corrected chi connectivity index (χ2v) is 13.8. The van der Waals surface area contributed by atoms with Crippen LogP contribution in [0.5, 0.6) is 5.75 Å². The number of aryl methyl sites for hydroxylation is 1. The molecular formula is C24H39NO5Si. The van der Waals surface area contributed by atoms with Crippen LogP contribution in [-0.2, 0) is 25.5 Å². The van der Waals surface area contributed by atoms with Gasteiger partial charge < -0.3 is 19.9 Å². The predicted molar refractivity (Wildman–Crippen MR) is 127 cm³/mol. The molecule has 0 amide bonds. The van der Waals surface area contributed by atoms with Gasteiger partial charge in [0.25, 0.3) is 0 Å². The highest BCUT2D eigenvalue weighted by atomic mass is 28.3. The van der Waals surface area contributed by atoms with Crippen molar-refractivity contribution in [1.29, 1.82) is 0 Å². The van der Waals surface area contributed by atoms with Gasteiger partial charge in [-0.1, -0.05) is 43.8 Å². The molecule has 31 heavy (non-hydrogen) atoms. The predicted octanol–water partition coefficient (Wildman–Crippen LogP) is 4.50. The summed E-state index contributed by atoms with van der Waals surface area (Å²) in [5, 5.41) is 0. The molecule has 0 bridgehead atoms. The topological polar surface area (TPSA) is 87.9 Å². The Kier molecular flexibility index (Phi) is 11.6. The van der Waals surface area contributed by atoms with Crippen LogP contribution in [0.25, 0.3) is 0 Å². The largest absolute Gasteiger partial charge is 0.494 e. The lowest BCUT2D eigenvalue weighted by atomic mass is 9.92. The number of nitrogens with two attached hydrogens (primary N) is 1. The Morgan fingerprint density at radius 1 is 1.06 bits per heavy atom. The molecule has 1 aromatic carbocycles. The van der Waals surface area contributed by atoms with Crippen LogP contribution in [-0.4, -0.2) is 45.4 Å². The zero-order chi connectivity index (χ0) is 23.3. The van der Waals surface area contributed by atoms with Crippen LogP contribution in [0.4, 0.5) is 0 Å². The number of carbonyl (C=O) groups is 2. The maximum Gasteiger partial charge on any atom is 0.337 e. The second-order valence-electron chi connectivity index (χ2n) is 8.52. The highest BCUT2D eigenvalue weighted by Gasteiger charge is 2.44. The molecule has 0 fully saturated rings. The Labute approximate surface area is 188 Å². The normalized spacial score (nSPS) is 11.6. The van der Waals surface area contributed by atoms with Crippen molar-refractivity contribution < 1.29 is 23.8 Å². The van der Waals surface area contributed by atoms with Gasteiger partial charge in [0.15, 0.2) is 0 Å². The summed E-state index contributed by atoms with van der Waals surface area (Å²) >= 11 is 0. The Morgan fingerprint density at radius 2 is 1.65 bits per heavy atom. The number of unbranched alkanes of at least 4 members (excludes halogenated alkanes) is 1. The molecule has 7 heteroatoms. The van der Waals surface area contributed by atoms with E-state index in [9.17, 15) is 9.59 Å². The molecule has 0 aliphatic rings. The molecule has 0 saturated heterocycles. The second kappa shape index (κ2) is 13.3. The van der Waals surface area contributed by atoms with Gasteiger partial charge in [0.2, 0.25) is 5.54 Å². The van der Waals surface area contributed by atoms with Crippen molar-refractivity contribution in [2.75, 3.05) is 19.8 Å². The van der Waals surface area contributed by atoms with Crippen molar-refractivity contribution in [3.63, 3.8) is 0 Å². The zero-order valence-electron chi connectivity index (χ0n) is 19.6. The molecular weight excluding hydrogens is 410 g/mol. The van der Waals surface area contributed by atoms with E-state index in [1.807, 2.05) is 30.3 Å². The number of carbonyl (C=O) groups excluding carboxylic acids is 2. The van der Waals surface area contributed by atoms with Gasteiger partial charge in [-0.25, -0.2) is 9.59 Å². The fourth-order valence-corrected chi connectivity index (χ4v) is 5.48. The van der Waals surface area contributed by atoms with Crippen LogP contribution in [0.15, 0.2) is 36.9 Å². The van der Waals surface area contributed by atoms with Crippen molar-refractivity contribution in [3.05, 3.63) is 42.5 Å². The summed E-state index contributed by atoms with van der Waals surface area (Å²) in [6.07, 6.45) is 4.79. The summed E-state index contributed by atoms with van der Waals surface area (Å²) in [5.74, 6) is -0.707. The van der Waals surface area contributed by atoms with Crippen molar-refractivity contribution >= 4 is 20.0 Å². The Balaban J connectivity index is 2.54. The molecule has 0 unspecified atom stereocenters. The molecule has 2 N–H and O–H groups in total. The van der Waals surface area contributed by atoms with Gasteiger partial charge in [0, 0.05) is 0 Å². The van der Waals surface area contributed by atoms with Crippen LogP contribution in [0.2, 0.25) is 25.2 Å². The average molecular weight is 450 g/mol.